The number of hydrogen-bond donors (Lipinski definition) is 2. The molecule has 0 radical (unpaired) electrons. The Morgan fingerprint density at radius 1 is 1.29 bits per heavy atom. The summed E-state index contributed by atoms with van der Waals surface area (Å²) in [6.07, 6.45) is 3.04. The van der Waals surface area contributed by atoms with E-state index in [1.54, 1.807) is 0 Å². The van der Waals surface area contributed by atoms with Gasteiger partial charge in [-0.25, -0.2) is 9.18 Å². The second-order valence-corrected chi connectivity index (χ2v) is 4.17. The van der Waals surface area contributed by atoms with E-state index in [0.29, 0.717) is 0 Å². The van der Waals surface area contributed by atoms with Gasteiger partial charge >= 0.3 is 12.0 Å². The van der Waals surface area contributed by atoms with Gasteiger partial charge in [-0.05, 0) is 25.7 Å². The van der Waals surface area contributed by atoms with Crippen LogP contribution in [0, 0.1) is 0 Å². The average molecular weight is 246 g/mol. The minimum absolute atomic E-state index is 0.0283. The van der Waals surface area contributed by atoms with Crippen LogP contribution < -0.4 is 10.6 Å². The van der Waals surface area contributed by atoms with Gasteiger partial charge in [-0.15, -0.1) is 0 Å². The van der Waals surface area contributed by atoms with E-state index >= 15 is 0 Å². The Morgan fingerprint density at radius 2 is 1.94 bits per heavy atom. The highest BCUT2D eigenvalue weighted by Crippen LogP contribution is 2.21. The highest BCUT2D eigenvalue weighted by molar-refractivity contribution is 5.74. The number of amides is 2. The number of nitrogens with one attached hydrogen (secondary N) is 2. The lowest BCUT2D eigenvalue weighted by molar-refractivity contribution is -0.147. The monoisotopic (exact) mass is 246 g/mol. The molecule has 0 aromatic rings. The Labute approximate surface area is 100 Å². The van der Waals surface area contributed by atoms with Gasteiger partial charge in [0.25, 0.3) is 0 Å². The van der Waals surface area contributed by atoms with Crippen molar-refractivity contribution in [2.75, 3.05) is 13.2 Å². The van der Waals surface area contributed by atoms with Gasteiger partial charge in [0.1, 0.15) is 12.8 Å². The van der Waals surface area contributed by atoms with Crippen LogP contribution in [0.2, 0.25) is 0 Å². The number of esters is 1. The van der Waals surface area contributed by atoms with Crippen LogP contribution in [0.25, 0.3) is 0 Å². The molecule has 0 spiro atoms. The van der Waals surface area contributed by atoms with E-state index in [2.05, 4.69) is 10.6 Å². The van der Waals surface area contributed by atoms with E-state index in [-0.39, 0.29) is 30.7 Å². The number of alkyl halides is 1. The SMILES string of the molecule is CC(=O)OC1CCC(NC(=O)NCCF)CC1. The number of carbonyl (C=O) groups is 2. The number of hydrogen-bond acceptors (Lipinski definition) is 3. The summed E-state index contributed by atoms with van der Waals surface area (Å²) in [7, 11) is 0. The fraction of sp³-hybridized carbons (Fsp3) is 0.818. The van der Waals surface area contributed by atoms with Crippen LogP contribution in [-0.2, 0) is 9.53 Å². The molecule has 0 saturated heterocycles. The molecule has 0 aromatic heterocycles. The van der Waals surface area contributed by atoms with Gasteiger partial charge in [0.05, 0.1) is 0 Å². The Balaban J connectivity index is 2.18. The maximum atomic E-state index is 11.8. The zero-order valence-electron chi connectivity index (χ0n) is 10.0. The van der Waals surface area contributed by atoms with Crippen LogP contribution >= 0.6 is 0 Å². The Bertz CT molecular complexity index is 265. The summed E-state index contributed by atoms with van der Waals surface area (Å²) >= 11 is 0. The largest absolute Gasteiger partial charge is 0.463 e. The summed E-state index contributed by atoms with van der Waals surface area (Å²) in [5, 5.41) is 5.18. The lowest BCUT2D eigenvalue weighted by Gasteiger charge is -2.28. The third kappa shape index (κ3) is 5.51. The summed E-state index contributed by atoms with van der Waals surface area (Å²) in [5.74, 6) is -0.262. The fourth-order valence-corrected chi connectivity index (χ4v) is 1.96. The van der Waals surface area contributed by atoms with Crippen LogP contribution in [0.3, 0.4) is 0 Å². The molecular weight excluding hydrogens is 227 g/mol. The maximum Gasteiger partial charge on any atom is 0.315 e. The molecule has 1 saturated carbocycles. The molecule has 2 amide bonds. The second kappa shape index (κ2) is 7.09. The van der Waals surface area contributed by atoms with Crippen LogP contribution in [-0.4, -0.2) is 37.4 Å². The van der Waals surface area contributed by atoms with E-state index < -0.39 is 6.67 Å². The molecule has 1 aliphatic carbocycles. The second-order valence-electron chi connectivity index (χ2n) is 4.17. The van der Waals surface area contributed by atoms with Gasteiger partial charge in [0, 0.05) is 19.5 Å². The molecule has 0 unspecified atom stereocenters. The fourth-order valence-electron chi connectivity index (χ4n) is 1.96. The molecule has 17 heavy (non-hydrogen) atoms. The Morgan fingerprint density at radius 3 is 2.47 bits per heavy atom. The van der Waals surface area contributed by atoms with Crippen LogP contribution in [0.4, 0.5) is 9.18 Å². The van der Waals surface area contributed by atoms with Gasteiger partial charge < -0.3 is 15.4 Å². The van der Waals surface area contributed by atoms with E-state index in [1.165, 1.54) is 6.92 Å². The molecule has 5 nitrogen and oxygen atoms in total. The molecule has 0 aliphatic heterocycles. The minimum Gasteiger partial charge on any atom is -0.463 e. The van der Waals surface area contributed by atoms with Crippen molar-refractivity contribution >= 4 is 12.0 Å². The first-order valence-electron chi connectivity index (χ1n) is 5.89. The summed E-state index contributed by atoms with van der Waals surface area (Å²) in [6, 6.07) is -0.250. The van der Waals surface area contributed by atoms with Crippen molar-refractivity contribution in [2.45, 2.75) is 44.8 Å². The highest BCUT2D eigenvalue weighted by atomic mass is 19.1. The molecule has 0 heterocycles. The van der Waals surface area contributed by atoms with Gasteiger partial charge in [0.15, 0.2) is 0 Å². The van der Waals surface area contributed by atoms with Gasteiger partial charge in [-0.1, -0.05) is 0 Å². The lowest BCUT2D eigenvalue weighted by Crippen LogP contribution is -2.45. The lowest BCUT2D eigenvalue weighted by atomic mass is 9.93. The standard InChI is InChI=1S/C11H19FN2O3/c1-8(15)17-10-4-2-9(3-5-10)14-11(16)13-7-6-12/h9-10H,2-7H2,1H3,(H2,13,14,16). The minimum atomic E-state index is -0.563. The Hall–Kier alpha value is -1.33. The number of ether oxygens (including phenoxy) is 1. The van der Waals surface area contributed by atoms with Gasteiger partial charge in [0.2, 0.25) is 0 Å². The van der Waals surface area contributed by atoms with E-state index in [4.69, 9.17) is 4.74 Å². The number of rotatable bonds is 4. The Kier molecular flexibility index (Phi) is 5.72. The van der Waals surface area contributed by atoms with Crippen LogP contribution in [0.5, 0.6) is 0 Å². The molecule has 1 fully saturated rings. The molecule has 1 aliphatic rings. The van der Waals surface area contributed by atoms with Crippen LogP contribution in [0.15, 0.2) is 0 Å². The van der Waals surface area contributed by atoms with Crippen molar-refractivity contribution < 1.29 is 18.7 Å². The van der Waals surface area contributed by atoms with E-state index in [1.807, 2.05) is 0 Å². The third-order valence-electron chi connectivity index (χ3n) is 2.72. The summed E-state index contributed by atoms with van der Waals surface area (Å²) in [6.45, 7) is 0.871. The quantitative estimate of drug-likeness (QED) is 0.731. The summed E-state index contributed by atoms with van der Waals surface area (Å²) < 4.78 is 16.9. The van der Waals surface area contributed by atoms with Crippen molar-refractivity contribution in [3.63, 3.8) is 0 Å². The zero-order chi connectivity index (χ0) is 12.7. The maximum absolute atomic E-state index is 11.8. The highest BCUT2D eigenvalue weighted by Gasteiger charge is 2.23. The molecule has 6 heteroatoms. The molecule has 2 N–H and O–H groups in total. The number of halogens is 1. The molecule has 98 valence electrons. The molecule has 0 atom stereocenters. The average Bonchev–Trinajstić information content (AvgIpc) is 2.28. The van der Waals surface area contributed by atoms with Gasteiger partial charge in [-0.2, -0.15) is 0 Å². The topological polar surface area (TPSA) is 67.4 Å². The van der Waals surface area contributed by atoms with Gasteiger partial charge in [-0.3, -0.25) is 4.79 Å². The van der Waals surface area contributed by atoms with E-state index in [9.17, 15) is 14.0 Å². The molecule has 0 aromatic carbocycles. The van der Waals surface area contributed by atoms with Crippen molar-refractivity contribution in [1.82, 2.24) is 10.6 Å². The number of urea groups is 1. The molecule has 0 bridgehead atoms. The van der Waals surface area contributed by atoms with Crippen molar-refractivity contribution in [1.29, 1.82) is 0 Å². The third-order valence-corrected chi connectivity index (χ3v) is 2.72. The van der Waals surface area contributed by atoms with Crippen molar-refractivity contribution in [2.24, 2.45) is 0 Å². The predicted octanol–water partition coefficient (Wildman–Crippen LogP) is 1.13. The smallest absolute Gasteiger partial charge is 0.315 e. The molecular formula is C11H19FN2O3. The van der Waals surface area contributed by atoms with E-state index in [0.717, 1.165) is 25.7 Å². The first-order chi connectivity index (χ1) is 8.11. The molecule has 1 rings (SSSR count). The first kappa shape index (κ1) is 13.7. The van der Waals surface area contributed by atoms with Crippen molar-refractivity contribution in [3.05, 3.63) is 0 Å². The zero-order valence-corrected chi connectivity index (χ0v) is 10.0. The first-order valence-corrected chi connectivity index (χ1v) is 5.89. The van der Waals surface area contributed by atoms with Crippen LogP contribution in [0.1, 0.15) is 32.6 Å². The normalized spacial score (nSPS) is 23.9. The summed E-state index contributed by atoms with van der Waals surface area (Å²) in [5.41, 5.74) is 0. The van der Waals surface area contributed by atoms with Crippen molar-refractivity contribution in [3.8, 4) is 0 Å². The number of carbonyl (C=O) groups excluding carboxylic acids is 2. The summed E-state index contributed by atoms with van der Waals surface area (Å²) in [4.78, 5) is 22.0. The predicted molar refractivity (Wildman–Crippen MR) is 60.3 cm³/mol.